The van der Waals surface area contributed by atoms with Gasteiger partial charge in [-0.05, 0) is 12.8 Å². The number of aliphatic hydroxyl groups is 1. The molecular weight excluding hydrogens is 286 g/mol. The number of aromatic amines is 1. The molecular formula is C11H14ClN5O3. The Morgan fingerprint density at radius 3 is 3.15 bits per heavy atom. The molecule has 0 spiro atoms. The fourth-order valence-corrected chi connectivity index (χ4v) is 2.68. The highest BCUT2D eigenvalue weighted by Crippen LogP contribution is 2.37. The van der Waals surface area contributed by atoms with Gasteiger partial charge < -0.3 is 15.6 Å². The second-order valence-corrected chi connectivity index (χ2v) is 5.13. The van der Waals surface area contributed by atoms with Crippen molar-refractivity contribution < 1.29 is 9.84 Å². The Morgan fingerprint density at radius 2 is 2.50 bits per heavy atom. The van der Waals surface area contributed by atoms with Crippen molar-refractivity contribution in [1.29, 1.82) is 0 Å². The molecule has 1 saturated heterocycles. The molecule has 2 atom stereocenters. The number of H-pyrrole nitrogens is 1. The highest BCUT2D eigenvalue weighted by atomic mass is 35.5. The lowest BCUT2D eigenvalue weighted by Crippen LogP contribution is -2.35. The third-order valence-electron chi connectivity index (χ3n) is 3.53. The van der Waals surface area contributed by atoms with Crippen LogP contribution in [-0.4, -0.2) is 42.7 Å². The number of nitrogens with zero attached hydrogens (tertiary/aromatic N) is 3. The smallest absolute Gasteiger partial charge is 0.280 e. The first-order chi connectivity index (χ1) is 9.58. The van der Waals surface area contributed by atoms with E-state index in [1.165, 1.54) is 6.33 Å². The molecule has 20 heavy (non-hydrogen) atoms. The molecule has 0 radical (unpaired) electrons. The molecule has 1 fully saturated rings. The second-order valence-electron chi connectivity index (χ2n) is 4.86. The minimum absolute atomic E-state index is 0.0213. The van der Waals surface area contributed by atoms with E-state index < -0.39 is 11.2 Å². The van der Waals surface area contributed by atoms with Crippen LogP contribution in [0.2, 0.25) is 0 Å². The van der Waals surface area contributed by atoms with Crippen molar-refractivity contribution in [2.45, 2.75) is 24.7 Å². The number of aromatic nitrogens is 4. The lowest BCUT2D eigenvalue weighted by atomic mass is 10.0. The van der Waals surface area contributed by atoms with Gasteiger partial charge in [-0.1, -0.05) is 0 Å². The molecule has 3 heterocycles. The lowest BCUT2D eigenvalue weighted by Gasteiger charge is -2.24. The molecule has 0 amide bonds. The van der Waals surface area contributed by atoms with Crippen LogP contribution in [0.15, 0.2) is 11.1 Å². The van der Waals surface area contributed by atoms with E-state index in [0.29, 0.717) is 18.5 Å². The Hall–Kier alpha value is -1.64. The van der Waals surface area contributed by atoms with Crippen molar-refractivity contribution in [3.05, 3.63) is 16.7 Å². The third kappa shape index (κ3) is 1.96. The molecule has 8 nitrogen and oxygen atoms in total. The molecule has 2 aromatic heterocycles. The minimum atomic E-state index is -0.754. The summed E-state index contributed by atoms with van der Waals surface area (Å²) in [6, 6.07) is 0. The zero-order valence-electron chi connectivity index (χ0n) is 10.5. The minimum Gasteiger partial charge on any atom is -0.393 e. The summed E-state index contributed by atoms with van der Waals surface area (Å²) in [5.41, 5.74) is 4.96. The summed E-state index contributed by atoms with van der Waals surface area (Å²) < 4.78 is 7.47. The number of ether oxygens (including phenoxy) is 1. The van der Waals surface area contributed by atoms with Gasteiger partial charge in [0.2, 0.25) is 5.95 Å². The topological polar surface area (TPSA) is 119 Å². The number of nitrogens with two attached hydrogens (primary N) is 1. The van der Waals surface area contributed by atoms with Gasteiger partial charge in [-0.2, -0.15) is 4.98 Å². The van der Waals surface area contributed by atoms with E-state index in [9.17, 15) is 9.90 Å². The van der Waals surface area contributed by atoms with Gasteiger partial charge >= 0.3 is 0 Å². The van der Waals surface area contributed by atoms with Crippen LogP contribution in [0.5, 0.6) is 0 Å². The van der Waals surface area contributed by atoms with Gasteiger partial charge in [-0.25, -0.2) is 4.98 Å². The standard InChI is InChI=1S/C11H14ClN5O3/c12-3-11(4-18)2-1-6(20-11)17-5-14-7-8(17)15-10(13)16-9(7)19/h5-6,18H,1-4H2,(H3,13,15,16,19). The zero-order chi connectivity index (χ0) is 14.3. The number of imidazole rings is 1. The van der Waals surface area contributed by atoms with Gasteiger partial charge in [0.15, 0.2) is 11.2 Å². The Balaban J connectivity index is 2.02. The van der Waals surface area contributed by atoms with Gasteiger partial charge in [0.25, 0.3) is 5.56 Å². The molecule has 4 N–H and O–H groups in total. The molecule has 1 aliphatic rings. The van der Waals surface area contributed by atoms with Crippen LogP contribution in [-0.2, 0) is 4.74 Å². The van der Waals surface area contributed by atoms with Crippen LogP contribution in [0, 0.1) is 0 Å². The van der Waals surface area contributed by atoms with Crippen LogP contribution < -0.4 is 11.3 Å². The van der Waals surface area contributed by atoms with E-state index in [-0.39, 0.29) is 30.2 Å². The third-order valence-corrected chi connectivity index (χ3v) is 4.01. The van der Waals surface area contributed by atoms with Crippen molar-refractivity contribution >= 4 is 28.7 Å². The molecule has 3 rings (SSSR count). The summed E-state index contributed by atoms with van der Waals surface area (Å²) >= 11 is 5.86. The number of rotatable bonds is 3. The van der Waals surface area contributed by atoms with Crippen LogP contribution >= 0.6 is 11.6 Å². The van der Waals surface area contributed by atoms with Gasteiger partial charge in [0.1, 0.15) is 11.8 Å². The average molecular weight is 300 g/mol. The number of nitrogens with one attached hydrogen (secondary N) is 1. The fourth-order valence-electron chi connectivity index (χ4n) is 2.40. The predicted octanol–water partition coefficient (Wildman–Crippen LogP) is -0.0193. The van der Waals surface area contributed by atoms with Gasteiger partial charge in [0, 0.05) is 0 Å². The largest absolute Gasteiger partial charge is 0.393 e. The average Bonchev–Trinajstić information content (AvgIpc) is 3.02. The monoisotopic (exact) mass is 299 g/mol. The van der Waals surface area contributed by atoms with Crippen LogP contribution in [0.25, 0.3) is 11.2 Å². The van der Waals surface area contributed by atoms with Crippen molar-refractivity contribution in [2.75, 3.05) is 18.2 Å². The van der Waals surface area contributed by atoms with Crippen molar-refractivity contribution in [2.24, 2.45) is 0 Å². The van der Waals surface area contributed by atoms with E-state index in [1.807, 2.05) is 0 Å². The first-order valence-corrected chi connectivity index (χ1v) is 6.69. The maximum Gasteiger partial charge on any atom is 0.280 e. The maximum atomic E-state index is 11.7. The van der Waals surface area contributed by atoms with Crippen LogP contribution in [0.1, 0.15) is 19.1 Å². The summed E-state index contributed by atoms with van der Waals surface area (Å²) in [6.45, 7) is -0.157. The number of fused-ring (bicyclic) bond motifs is 1. The normalized spacial score (nSPS) is 26.4. The highest BCUT2D eigenvalue weighted by molar-refractivity contribution is 6.18. The lowest BCUT2D eigenvalue weighted by molar-refractivity contribution is -0.0832. The Morgan fingerprint density at radius 1 is 1.70 bits per heavy atom. The summed E-state index contributed by atoms with van der Waals surface area (Å²) in [6.07, 6.45) is 2.38. The number of hydrogen-bond acceptors (Lipinski definition) is 6. The molecule has 0 aromatic carbocycles. The van der Waals surface area contributed by atoms with Crippen molar-refractivity contribution in [3.8, 4) is 0 Å². The number of nitrogen functional groups attached to an aromatic ring is 1. The summed E-state index contributed by atoms with van der Waals surface area (Å²) in [4.78, 5) is 22.2. The summed E-state index contributed by atoms with van der Waals surface area (Å²) in [5.74, 6) is 0.219. The number of alkyl halides is 1. The van der Waals surface area contributed by atoms with E-state index in [2.05, 4.69) is 15.0 Å². The second kappa shape index (κ2) is 4.72. The maximum absolute atomic E-state index is 11.7. The Kier molecular flexibility index (Phi) is 3.15. The van der Waals surface area contributed by atoms with Gasteiger partial charge in [-0.15, -0.1) is 11.6 Å². The van der Waals surface area contributed by atoms with Crippen LogP contribution in [0.4, 0.5) is 5.95 Å². The first kappa shape index (κ1) is 13.3. The molecule has 9 heteroatoms. The number of aliphatic hydroxyl groups excluding tert-OH is 1. The SMILES string of the molecule is Nc1nc2c(ncn2C2CCC(CO)(CCl)O2)c(=O)[nH]1. The van der Waals surface area contributed by atoms with Crippen LogP contribution in [0.3, 0.4) is 0 Å². The highest BCUT2D eigenvalue weighted by Gasteiger charge is 2.40. The van der Waals surface area contributed by atoms with E-state index >= 15 is 0 Å². The number of halogens is 1. The Labute approximate surface area is 118 Å². The zero-order valence-corrected chi connectivity index (χ0v) is 11.3. The predicted molar refractivity (Wildman–Crippen MR) is 72.5 cm³/mol. The summed E-state index contributed by atoms with van der Waals surface area (Å²) in [7, 11) is 0. The fraction of sp³-hybridized carbons (Fsp3) is 0.545. The number of anilines is 1. The van der Waals surface area contributed by atoms with E-state index in [1.54, 1.807) is 4.57 Å². The molecule has 0 bridgehead atoms. The van der Waals surface area contributed by atoms with E-state index in [4.69, 9.17) is 22.1 Å². The Bertz CT molecular complexity index is 693. The first-order valence-electron chi connectivity index (χ1n) is 6.15. The summed E-state index contributed by atoms with van der Waals surface area (Å²) in [5, 5.41) is 9.41. The molecule has 1 aliphatic heterocycles. The van der Waals surface area contributed by atoms with Crippen molar-refractivity contribution in [3.63, 3.8) is 0 Å². The van der Waals surface area contributed by atoms with E-state index in [0.717, 1.165) is 0 Å². The molecule has 0 aliphatic carbocycles. The number of hydrogen-bond donors (Lipinski definition) is 3. The molecule has 2 aromatic rings. The molecule has 2 unspecified atom stereocenters. The van der Waals surface area contributed by atoms with Gasteiger partial charge in [-0.3, -0.25) is 14.3 Å². The quantitative estimate of drug-likeness (QED) is 0.685. The molecule has 0 saturated carbocycles. The van der Waals surface area contributed by atoms with Crippen molar-refractivity contribution in [1.82, 2.24) is 19.5 Å². The van der Waals surface area contributed by atoms with Gasteiger partial charge in [0.05, 0.1) is 18.8 Å². The molecule has 108 valence electrons.